The molecular weight excluding hydrogens is 440 g/mol. The molecule has 0 aliphatic carbocycles. The molecule has 0 unspecified atom stereocenters. The van der Waals surface area contributed by atoms with Gasteiger partial charge in [0.1, 0.15) is 0 Å². The Morgan fingerprint density at radius 1 is 1.14 bits per heavy atom. The zero-order valence-electron chi connectivity index (χ0n) is 21.0. The fourth-order valence-corrected chi connectivity index (χ4v) is 5.52. The van der Waals surface area contributed by atoms with Crippen molar-refractivity contribution in [2.75, 3.05) is 37.7 Å². The van der Waals surface area contributed by atoms with Gasteiger partial charge in [-0.05, 0) is 75.3 Å². The maximum Gasteiger partial charge on any atom is 0.253 e. The van der Waals surface area contributed by atoms with E-state index in [9.17, 15) is 14.7 Å². The lowest BCUT2D eigenvalue weighted by molar-refractivity contribution is 0.0950. The number of H-pyrrole nitrogens is 1. The summed E-state index contributed by atoms with van der Waals surface area (Å²) in [4.78, 5) is 33.6. The molecule has 3 heterocycles. The zero-order valence-corrected chi connectivity index (χ0v) is 21.0. The topological polar surface area (TPSA) is 88.7 Å². The molecule has 7 nitrogen and oxygen atoms in total. The van der Waals surface area contributed by atoms with E-state index in [1.54, 1.807) is 0 Å². The second-order valence-electron chi connectivity index (χ2n) is 9.57. The van der Waals surface area contributed by atoms with Crippen molar-refractivity contribution in [1.29, 1.82) is 0 Å². The maximum atomic E-state index is 13.4. The minimum Gasteiger partial charge on any atom is -0.395 e. The van der Waals surface area contributed by atoms with Gasteiger partial charge in [0.25, 0.3) is 11.5 Å². The maximum absolute atomic E-state index is 13.4. The number of aromatic amines is 1. The lowest BCUT2D eigenvalue weighted by Crippen LogP contribution is -2.46. The number of nitrogens with zero attached hydrogens (tertiary/aromatic N) is 2. The standard InChI is InChI=1S/C28H38N4O3/c1-3-32(22-12-14-31(15-13-22)16-17-33)26-11-7-10-24-23(26)9-6-4-5-8-21-18-20(2)30-28(35)25(21)19-29-27(24)34/h4,6-7,10-11,18,22,33H,3,5,8-9,12-17,19H2,1-2H3,(H,29,34)(H,30,35)/b6-4+. The van der Waals surface area contributed by atoms with E-state index in [0.717, 1.165) is 74.4 Å². The van der Waals surface area contributed by atoms with Crippen LogP contribution < -0.4 is 15.8 Å². The Morgan fingerprint density at radius 2 is 1.94 bits per heavy atom. The second-order valence-corrected chi connectivity index (χ2v) is 9.57. The Balaban J connectivity index is 1.63. The van der Waals surface area contributed by atoms with Crippen molar-refractivity contribution in [3.8, 4) is 0 Å². The van der Waals surface area contributed by atoms with Gasteiger partial charge in [0.15, 0.2) is 0 Å². The quantitative estimate of drug-likeness (QED) is 0.575. The molecule has 188 valence electrons. The molecule has 1 amide bonds. The average molecular weight is 479 g/mol. The van der Waals surface area contributed by atoms with E-state index < -0.39 is 0 Å². The van der Waals surface area contributed by atoms with Gasteiger partial charge in [-0.15, -0.1) is 0 Å². The van der Waals surface area contributed by atoms with E-state index in [-0.39, 0.29) is 24.6 Å². The first kappa shape index (κ1) is 25.2. The van der Waals surface area contributed by atoms with Crippen molar-refractivity contribution in [2.24, 2.45) is 0 Å². The van der Waals surface area contributed by atoms with Gasteiger partial charge in [0, 0.05) is 61.3 Å². The van der Waals surface area contributed by atoms with Crippen molar-refractivity contribution >= 4 is 11.6 Å². The lowest BCUT2D eigenvalue weighted by atomic mass is 9.96. The molecule has 1 fully saturated rings. The smallest absolute Gasteiger partial charge is 0.253 e. The van der Waals surface area contributed by atoms with Crippen LogP contribution >= 0.6 is 0 Å². The zero-order chi connectivity index (χ0) is 24.8. The van der Waals surface area contributed by atoms with Crippen molar-refractivity contribution in [1.82, 2.24) is 15.2 Å². The predicted octanol–water partition coefficient (Wildman–Crippen LogP) is 2.94. The summed E-state index contributed by atoms with van der Waals surface area (Å²) in [7, 11) is 0. The van der Waals surface area contributed by atoms with Crippen LogP contribution in [0.5, 0.6) is 0 Å². The van der Waals surface area contributed by atoms with Crippen LogP contribution in [0.4, 0.5) is 5.69 Å². The molecule has 7 heteroatoms. The predicted molar refractivity (Wildman–Crippen MR) is 140 cm³/mol. The third kappa shape index (κ3) is 5.85. The van der Waals surface area contributed by atoms with Crippen molar-refractivity contribution in [3.63, 3.8) is 0 Å². The van der Waals surface area contributed by atoms with E-state index in [0.29, 0.717) is 23.6 Å². The Morgan fingerprint density at radius 3 is 2.69 bits per heavy atom. The number of aliphatic hydroxyl groups excluding tert-OH is 1. The number of benzene rings is 1. The molecule has 0 bridgehead atoms. The summed E-state index contributed by atoms with van der Waals surface area (Å²) in [5.74, 6) is -0.143. The Labute approximate surface area is 207 Å². The van der Waals surface area contributed by atoms with Gasteiger partial charge >= 0.3 is 0 Å². The van der Waals surface area contributed by atoms with E-state index >= 15 is 0 Å². The van der Waals surface area contributed by atoms with E-state index in [2.05, 4.69) is 45.2 Å². The van der Waals surface area contributed by atoms with Gasteiger partial charge < -0.3 is 25.2 Å². The first-order chi connectivity index (χ1) is 17.0. The summed E-state index contributed by atoms with van der Waals surface area (Å²) in [6, 6.07) is 8.42. The van der Waals surface area contributed by atoms with Gasteiger partial charge in [-0.25, -0.2) is 0 Å². The number of aromatic nitrogens is 1. The largest absolute Gasteiger partial charge is 0.395 e. The van der Waals surface area contributed by atoms with Gasteiger partial charge in [0.2, 0.25) is 0 Å². The van der Waals surface area contributed by atoms with Crippen LogP contribution in [0.2, 0.25) is 0 Å². The van der Waals surface area contributed by atoms with Gasteiger partial charge in [-0.3, -0.25) is 9.59 Å². The molecule has 0 radical (unpaired) electrons. The number of fused-ring (bicyclic) bond motifs is 2. The fraction of sp³-hybridized carbons (Fsp3) is 0.500. The molecule has 0 spiro atoms. The molecular formula is C28H38N4O3. The normalized spacial score (nSPS) is 18.5. The number of carbonyl (C=O) groups is 1. The Bertz CT molecular complexity index is 1120. The molecule has 1 saturated heterocycles. The molecule has 3 N–H and O–H groups in total. The van der Waals surface area contributed by atoms with Crippen LogP contribution in [0, 0.1) is 6.92 Å². The highest BCUT2D eigenvalue weighted by atomic mass is 16.3. The minimum atomic E-state index is -0.143. The number of hydrogen-bond donors (Lipinski definition) is 3. The van der Waals surface area contributed by atoms with Crippen molar-refractivity contribution < 1.29 is 9.90 Å². The number of aryl methyl sites for hydroxylation is 2. The minimum absolute atomic E-state index is 0.125. The van der Waals surface area contributed by atoms with Crippen molar-refractivity contribution in [2.45, 2.75) is 58.5 Å². The Kier molecular flexibility index (Phi) is 8.42. The van der Waals surface area contributed by atoms with Crippen LogP contribution in [0.3, 0.4) is 0 Å². The molecule has 0 atom stereocenters. The van der Waals surface area contributed by atoms with Crippen LogP contribution in [-0.4, -0.2) is 59.7 Å². The van der Waals surface area contributed by atoms with Crippen LogP contribution in [0.1, 0.15) is 58.9 Å². The number of rotatable bonds is 5. The molecule has 0 saturated carbocycles. The van der Waals surface area contributed by atoms with E-state index in [1.165, 1.54) is 0 Å². The SMILES string of the molecule is CCN(c1cccc2c1C/C=C/CCc1cc(C)[nH]c(=O)c1CNC2=O)C1CCN(CCO)CC1. The first-order valence-corrected chi connectivity index (χ1v) is 12.9. The Hall–Kier alpha value is -2.90. The number of aliphatic hydroxyl groups is 1. The number of anilines is 1. The van der Waals surface area contributed by atoms with Crippen LogP contribution in [-0.2, 0) is 19.4 Å². The second kappa shape index (κ2) is 11.7. The van der Waals surface area contributed by atoms with E-state index in [1.807, 2.05) is 25.1 Å². The highest BCUT2D eigenvalue weighted by Gasteiger charge is 2.26. The summed E-state index contributed by atoms with van der Waals surface area (Å²) < 4.78 is 0. The molecule has 35 heavy (non-hydrogen) atoms. The summed E-state index contributed by atoms with van der Waals surface area (Å²) >= 11 is 0. The highest BCUT2D eigenvalue weighted by Crippen LogP contribution is 2.30. The number of β-amino-alcohol motifs (C(OH)–C–C–N with tert-alkyl or cyclic N) is 1. The molecule has 2 aromatic rings. The van der Waals surface area contributed by atoms with E-state index in [4.69, 9.17) is 0 Å². The van der Waals surface area contributed by atoms with Gasteiger partial charge in [0.05, 0.1) is 6.61 Å². The van der Waals surface area contributed by atoms with Crippen LogP contribution in [0.25, 0.3) is 0 Å². The number of amides is 1. The monoisotopic (exact) mass is 478 g/mol. The number of piperidine rings is 1. The molecule has 2 aliphatic rings. The summed E-state index contributed by atoms with van der Waals surface area (Å²) in [5, 5.41) is 12.3. The molecule has 1 aromatic heterocycles. The summed E-state index contributed by atoms with van der Waals surface area (Å²) in [5.41, 5.74) is 5.19. The average Bonchev–Trinajstić information content (AvgIpc) is 2.84. The summed E-state index contributed by atoms with van der Waals surface area (Å²) in [6.07, 6.45) is 8.73. The fourth-order valence-electron chi connectivity index (χ4n) is 5.52. The third-order valence-corrected chi connectivity index (χ3v) is 7.32. The number of likely N-dealkylation sites (tertiary alicyclic amines) is 1. The molecule has 1 aromatic carbocycles. The molecule has 2 aliphatic heterocycles. The lowest BCUT2D eigenvalue weighted by Gasteiger charge is -2.40. The number of carbonyl (C=O) groups excluding carboxylic acids is 1. The number of pyridine rings is 1. The highest BCUT2D eigenvalue weighted by molar-refractivity contribution is 5.97. The molecule has 4 rings (SSSR count). The third-order valence-electron chi connectivity index (χ3n) is 7.32. The van der Waals surface area contributed by atoms with Gasteiger partial charge in [-0.1, -0.05) is 18.2 Å². The number of nitrogens with one attached hydrogen (secondary N) is 2. The summed E-state index contributed by atoms with van der Waals surface area (Å²) in [6.45, 7) is 8.04. The van der Waals surface area contributed by atoms with Gasteiger partial charge in [-0.2, -0.15) is 0 Å². The number of hydrogen-bond acceptors (Lipinski definition) is 5. The first-order valence-electron chi connectivity index (χ1n) is 12.9. The van der Waals surface area contributed by atoms with Crippen molar-refractivity contribution in [3.05, 3.63) is 74.7 Å². The number of allylic oxidation sites excluding steroid dienone is 2. The van der Waals surface area contributed by atoms with Crippen LogP contribution in [0.15, 0.2) is 41.2 Å².